The quantitative estimate of drug-likeness (QED) is 0.871. The second-order valence-corrected chi connectivity index (χ2v) is 6.30. The number of carbonyl (C=O) groups is 1. The van der Waals surface area contributed by atoms with Gasteiger partial charge in [0.15, 0.2) is 0 Å². The third-order valence-corrected chi connectivity index (χ3v) is 4.31. The molecule has 0 unspecified atom stereocenters. The summed E-state index contributed by atoms with van der Waals surface area (Å²) >= 11 is 9.10. The largest absolute Gasteiger partial charge is 0.325 e. The minimum absolute atomic E-state index is 0.165. The van der Waals surface area contributed by atoms with Gasteiger partial charge in [-0.1, -0.05) is 24.4 Å². The zero-order valence-corrected chi connectivity index (χ0v) is 12.7. The monoisotopic (exact) mass is 348 g/mol. The molecule has 1 aliphatic carbocycles. The van der Waals surface area contributed by atoms with Crippen LogP contribution in [0.25, 0.3) is 0 Å². The molecule has 0 heterocycles. The summed E-state index contributed by atoms with van der Waals surface area (Å²) in [5.74, 6) is -0.653. The van der Waals surface area contributed by atoms with Gasteiger partial charge in [-0.15, -0.1) is 0 Å². The van der Waals surface area contributed by atoms with Crippen molar-refractivity contribution in [2.24, 2.45) is 5.73 Å². The number of rotatable bonds is 3. The molecule has 2 rings (SSSR count). The Hall–Kier alpha value is -0.650. The van der Waals surface area contributed by atoms with E-state index >= 15 is 0 Å². The first-order valence-electron chi connectivity index (χ1n) is 6.13. The number of benzene rings is 1. The predicted molar refractivity (Wildman–Crippen MR) is 77.7 cm³/mol. The molecule has 1 aromatic rings. The Kier molecular flexibility index (Phi) is 4.48. The van der Waals surface area contributed by atoms with Gasteiger partial charge in [0.05, 0.1) is 10.7 Å². The molecule has 1 amide bonds. The van der Waals surface area contributed by atoms with E-state index < -0.39 is 11.4 Å². The van der Waals surface area contributed by atoms with Crippen LogP contribution < -0.4 is 11.1 Å². The van der Waals surface area contributed by atoms with Crippen LogP contribution >= 0.6 is 27.5 Å². The standard InChI is InChI=1S/C13H15BrClFN2O/c14-9-5-8(16)6-10(15)12(9)18-11(19)7-13(17)3-1-2-4-13/h5-6H,1-4,7,17H2,(H,18,19). The van der Waals surface area contributed by atoms with Crippen molar-refractivity contribution in [1.82, 2.24) is 0 Å². The summed E-state index contributed by atoms with van der Waals surface area (Å²) < 4.78 is 13.5. The van der Waals surface area contributed by atoms with E-state index in [1.807, 2.05) is 0 Å². The molecule has 0 spiro atoms. The Morgan fingerprint density at radius 1 is 1.47 bits per heavy atom. The summed E-state index contributed by atoms with van der Waals surface area (Å²) in [7, 11) is 0. The van der Waals surface area contributed by atoms with Crippen LogP contribution in [0.15, 0.2) is 16.6 Å². The molecule has 1 aliphatic rings. The van der Waals surface area contributed by atoms with Crippen LogP contribution in [-0.4, -0.2) is 11.4 Å². The van der Waals surface area contributed by atoms with E-state index in [4.69, 9.17) is 17.3 Å². The highest BCUT2D eigenvalue weighted by Gasteiger charge is 2.31. The van der Waals surface area contributed by atoms with Gasteiger partial charge in [0.25, 0.3) is 0 Å². The highest BCUT2D eigenvalue weighted by atomic mass is 79.9. The van der Waals surface area contributed by atoms with Crippen molar-refractivity contribution < 1.29 is 9.18 Å². The van der Waals surface area contributed by atoms with Crippen LogP contribution in [0.3, 0.4) is 0 Å². The lowest BCUT2D eigenvalue weighted by atomic mass is 9.94. The topological polar surface area (TPSA) is 55.1 Å². The van der Waals surface area contributed by atoms with Crippen LogP contribution in [0.2, 0.25) is 5.02 Å². The van der Waals surface area contributed by atoms with Crippen LogP contribution in [0.5, 0.6) is 0 Å². The number of hydrogen-bond acceptors (Lipinski definition) is 2. The Bertz CT molecular complexity index is 480. The molecule has 0 saturated heterocycles. The lowest BCUT2D eigenvalue weighted by Crippen LogP contribution is -2.40. The third-order valence-electron chi connectivity index (χ3n) is 3.38. The average Bonchev–Trinajstić information content (AvgIpc) is 2.70. The number of nitrogens with one attached hydrogen (secondary N) is 1. The molecular formula is C13H15BrClFN2O. The van der Waals surface area contributed by atoms with Gasteiger partial charge in [-0.3, -0.25) is 4.79 Å². The summed E-state index contributed by atoms with van der Waals surface area (Å²) in [6.45, 7) is 0. The van der Waals surface area contributed by atoms with E-state index in [0.29, 0.717) is 10.2 Å². The van der Waals surface area contributed by atoms with Gasteiger partial charge in [-0.05, 0) is 40.9 Å². The fourth-order valence-electron chi connectivity index (χ4n) is 2.42. The van der Waals surface area contributed by atoms with Gasteiger partial charge in [-0.25, -0.2) is 4.39 Å². The smallest absolute Gasteiger partial charge is 0.226 e. The van der Waals surface area contributed by atoms with E-state index in [-0.39, 0.29) is 17.4 Å². The maximum Gasteiger partial charge on any atom is 0.226 e. The fraction of sp³-hybridized carbons (Fsp3) is 0.462. The summed E-state index contributed by atoms with van der Waals surface area (Å²) in [6, 6.07) is 2.42. The van der Waals surface area contributed by atoms with Crippen molar-refractivity contribution in [2.45, 2.75) is 37.6 Å². The van der Waals surface area contributed by atoms with E-state index in [9.17, 15) is 9.18 Å². The molecule has 6 heteroatoms. The van der Waals surface area contributed by atoms with Gasteiger partial charge in [-0.2, -0.15) is 0 Å². The van der Waals surface area contributed by atoms with Crippen molar-refractivity contribution in [3.63, 3.8) is 0 Å². The normalized spacial score (nSPS) is 17.5. The number of hydrogen-bond donors (Lipinski definition) is 2. The Labute approximate surface area is 124 Å². The molecule has 1 fully saturated rings. The third kappa shape index (κ3) is 3.68. The second-order valence-electron chi connectivity index (χ2n) is 5.04. The van der Waals surface area contributed by atoms with Crippen LogP contribution in [0, 0.1) is 5.82 Å². The fourth-order valence-corrected chi connectivity index (χ4v) is 3.32. The first kappa shape index (κ1) is 14.8. The first-order valence-corrected chi connectivity index (χ1v) is 7.30. The molecular weight excluding hydrogens is 335 g/mol. The summed E-state index contributed by atoms with van der Waals surface area (Å²) in [6.07, 6.45) is 4.10. The van der Waals surface area contributed by atoms with E-state index in [1.165, 1.54) is 6.07 Å². The van der Waals surface area contributed by atoms with Gasteiger partial charge in [0, 0.05) is 16.4 Å². The summed E-state index contributed by atoms with van der Waals surface area (Å²) in [5.41, 5.74) is 6.12. The molecule has 0 radical (unpaired) electrons. The zero-order valence-electron chi connectivity index (χ0n) is 10.3. The minimum Gasteiger partial charge on any atom is -0.325 e. The molecule has 0 bridgehead atoms. The van der Waals surface area contributed by atoms with Crippen LogP contribution in [0.1, 0.15) is 32.1 Å². The van der Waals surface area contributed by atoms with Gasteiger partial charge >= 0.3 is 0 Å². The molecule has 0 atom stereocenters. The number of amides is 1. The Balaban J connectivity index is 2.07. The zero-order chi connectivity index (χ0) is 14.0. The van der Waals surface area contributed by atoms with Crippen molar-refractivity contribution in [2.75, 3.05) is 5.32 Å². The Morgan fingerprint density at radius 3 is 2.68 bits per heavy atom. The highest BCUT2D eigenvalue weighted by molar-refractivity contribution is 9.10. The maximum atomic E-state index is 13.1. The van der Waals surface area contributed by atoms with Crippen molar-refractivity contribution in [3.05, 3.63) is 27.4 Å². The average molecular weight is 350 g/mol. The maximum absolute atomic E-state index is 13.1. The minimum atomic E-state index is -0.457. The lowest BCUT2D eigenvalue weighted by molar-refractivity contribution is -0.117. The van der Waals surface area contributed by atoms with Crippen LogP contribution in [0.4, 0.5) is 10.1 Å². The van der Waals surface area contributed by atoms with E-state index in [1.54, 1.807) is 0 Å². The summed E-state index contributed by atoms with van der Waals surface area (Å²) in [5, 5.41) is 2.86. The SMILES string of the molecule is NC1(CC(=O)Nc2c(Cl)cc(F)cc2Br)CCCC1. The summed E-state index contributed by atoms with van der Waals surface area (Å²) in [4.78, 5) is 12.0. The molecule has 104 valence electrons. The number of halogens is 3. The Morgan fingerprint density at radius 2 is 2.11 bits per heavy atom. The molecule has 0 aromatic heterocycles. The number of anilines is 1. The van der Waals surface area contributed by atoms with Gasteiger partial charge in [0.1, 0.15) is 5.82 Å². The number of carbonyl (C=O) groups excluding carboxylic acids is 1. The molecule has 19 heavy (non-hydrogen) atoms. The van der Waals surface area contributed by atoms with Crippen molar-refractivity contribution >= 4 is 39.1 Å². The van der Waals surface area contributed by atoms with E-state index in [2.05, 4.69) is 21.2 Å². The second kappa shape index (κ2) is 5.77. The van der Waals surface area contributed by atoms with E-state index in [0.717, 1.165) is 31.7 Å². The van der Waals surface area contributed by atoms with Crippen molar-refractivity contribution in [1.29, 1.82) is 0 Å². The van der Waals surface area contributed by atoms with Gasteiger partial charge in [0.2, 0.25) is 5.91 Å². The predicted octanol–water partition coefficient (Wildman–Crippen LogP) is 3.84. The first-order chi connectivity index (χ1) is 8.89. The van der Waals surface area contributed by atoms with Crippen molar-refractivity contribution in [3.8, 4) is 0 Å². The lowest BCUT2D eigenvalue weighted by Gasteiger charge is -2.22. The molecule has 3 N–H and O–H groups in total. The molecule has 0 aliphatic heterocycles. The van der Waals surface area contributed by atoms with Crippen LogP contribution in [-0.2, 0) is 4.79 Å². The molecule has 1 saturated carbocycles. The molecule has 3 nitrogen and oxygen atoms in total. The highest BCUT2D eigenvalue weighted by Crippen LogP contribution is 2.34. The molecule has 1 aromatic carbocycles. The number of nitrogens with two attached hydrogens (primary N) is 1. The van der Waals surface area contributed by atoms with Gasteiger partial charge < -0.3 is 11.1 Å².